The molecule has 1 aromatic carbocycles. The van der Waals surface area contributed by atoms with Gasteiger partial charge in [0, 0.05) is 12.1 Å². The number of rotatable bonds is 7. The van der Waals surface area contributed by atoms with Crippen LogP contribution in [0.25, 0.3) is 0 Å². The topological polar surface area (TPSA) is 99.2 Å². The summed E-state index contributed by atoms with van der Waals surface area (Å²) in [7, 11) is -0.244. The van der Waals surface area contributed by atoms with E-state index in [0.717, 1.165) is 25.7 Å². The molecule has 1 atom stereocenters. The lowest BCUT2D eigenvalue weighted by Crippen LogP contribution is -2.48. The Morgan fingerprint density at radius 1 is 1.07 bits per heavy atom. The summed E-state index contributed by atoms with van der Waals surface area (Å²) in [5.74, 6) is -0.352. The van der Waals surface area contributed by atoms with Crippen LogP contribution >= 0.6 is 0 Å². The molecule has 1 aliphatic heterocycles. The number of nitrogens with zero attached hydrogens (tertiary/aromatic N) is 1. The van der Waals surface area contributed by atoms with E-state index in [-0.39, 0.29) is 40.8 Å². The zero-order chi connectivity index (χ0) is 21.0. The Balaban J connectivity index is 1.71. The summed E-state index contributed by atoms with van der Waals surface area (Å²) < 4.78 is 39.5. The molecule has 0 bridgehead atoms. The van der Waals surface area contributed by atoms with Gasteiger partial charge in [0.1, 0.15) is 5.56 Å². The van der Waals surface area contributed by atoms with Crippen LogP contribution in [0.4, 0.5) is 0 Å². The molecular weight excluding hydrogens is 398 g/mol. The molecule has 1 heterocycles. The van der Waals surface area contributed by atoms with Crippen molar-refractivity contribution < 1.29 is 32.2 Å². The van der Waals surface area contributed by atoms with Crippen LogP contribution in [-0.4, -0.2) is 69.6 Å². The predicted octanol–water partition coefficient (Wildman–Crippen LogP) is 1.82. The van der Waals surface area contributed by atoms with Crippen molar-refractivity contribution in [1.82, 2.24) is 4.90 Å². The van der Waals surface area contributed by atoms with Crippen LogP contribution < -0.4 is 9.47 Å². The lowest BCUT2D eigenvalue weighted by atomic mass is 10.1. The van der Waals surface area contributed by atoms with Gasteiger partial charge in [0.25, 0.3) is 5.91 Å². The van der Waals surface area contributed by atoms with Gasteiger partial charge in [-0.25, -0.2) is 13.2 Å². The van der Waals surface area contributed by atoms with Crippen LogP contribution in [-0.2, 0) is 19.4 Å². The van der Waals surface area contributed by atoms with E-state index < -0.39 is 22.4 Å². The molecule has 0 spiro atoms. The van der Waals surface area contributed by atoms with Crippen molar-refractivity contribution in [2.75, 3.05) is 32.3 Å². The van der Waals surface area contributed by atoms with Crippen LogP contribution in [0.3, 0.4) is 0 Å². The van der Waals surface area contributed by atoms with E-state index in [1.807, 2.05) is 0 Å². The van der Waals surface area contributed by atoms with Crippen LogP contribution in [0.1, 0.15) is 42.5 Å². The van der Waals surface area contributed by atoms with E-state index in [1.54, 1.807) is 17.0 Å². The van der Waals surface area contributed by atoms with Crippen molar-refractivity contribution in [3.8, 4) is 11.5 Å². The zero-order valence-electron chi connectivity index (χ0n) is 16.8. The number of benzene rings is 1. The van der Waals surface area contributed by atoms with E-state index >= 15 is 0 Å². The molecule has 160 valence electrons. The highest BCUT2D eigenvalue weighted by molar-refractivity contribution is 7.91. The van der Waals surface area contributed by atoms with Crippen molar-refractivity contribution in [2.45, 2.75) is 44.2 Å². The van der Waals surface area contributed by atoms with Gasteiger partial charge in [-0.05, 0) is 31.4 Å². The van der Waals surface area contributed by atoms with Gasteiger partial charge in [0.15, 0.2) is 27.9 Å². The van der Waals surface area contributed by atoms with Crippen LogP contribution in [0, 0.1) is 0 Å². The Hall–Kier alpha value is -2.29. The number of methoxy groups -OCH3 is 2. The Bertz CT molecular complexity index is 862. The van der Waals surface area contributed by atoms with Crippen LogP contribution in [0.2, 0.25) is 0 Å². The van der Waals surface area contributed by atoms with Crippen molar-refractivity contribution >= 4 is 21.7 Å². The fourth-order valence-corrected chi connectivity index (χ4v) is 5.92. The lowest BCUT2D eigenvalue weighted by Gasteiger charge is -2.33. The number of esters is 1. The molecule has 0 N–H and O–H groups in total. The fourth-order valence-electron chi connectivity index (χ4n) is 4.21. The second kappa shape index (κ2) is 9.02. The molecule has 8 nitrogen and oxygen atoms in total. The maximum Gasteiger partial charge on any atom is 0.342 e. The first-order valence-electron chi connectivity index (χ1n) is 9.76. The van der Waals surface area contributed by atoms with Crippen molar-refractivity contribution in [3.05, 3.63) is 23.8 Å². The van der Waals surface area contributed by atoms with E-state index in [9.17, 15) is 18.0 Å². The quantitative estimate of drug-likeness (QED) is 0.615. The standard InChI is InChI=1S/C20H27NO7S/c1-26-17-9-5-8-16(19(17)27-2)20(23)28-12-18(22)21(14-6-3-4-7-14)15-10-11-29(24,25)13-15/h5,8-9,14-15H,3-4,6-7,10-13H2,1-2H3/t15-/m1/s1. The SMILES string of the molecule is COc1cccc(C(=O)OCC(=O)N(C2CCCC2)[C@@H]2CCS(=O)(=O)C2)c1OC. The normalized spacial score (nSPS) is 21.0. The average Bonchev–Trinajstić information content (AvgIpc) is 3.35. The van der Waals surface area contributed by atoms with E-state index in [4.69, 9.17) is 14.2 Å². The van der Waals surface area contributed by atoms with Gasteiger partial charge in [-0.1, -0.05) is 18.9 Å². The third-order valence-corrected chi connectivity index (χ3v) is 7.31. The molecule has 1 saturated carbocycles. The molecule has 29 heavy (non-hydrogen) atoms. The molecule has 0 radical (unpaired) electrons. The maximum absolute atomic E-state index is 12.9. The van der Waals surface area contributed by atoms with Crippen molar-refractivity contribution in [2.24, 2.45) is 0 Å². The third-order valence-electron chi connectivity index (χ3n) is 5.56. The van der Waals surface area contributed by atoms with Gasteiger partial charge in [0.05, 0.1) is 25.7 Å². The highest BCUT2D eigenvalue weighted by Gasteiger charge is 2.39. The highest BCUT2D eigenvalue weighted by atomic mass is 32.2. The molecule has 1 aliphatic carbocycles. The number of para-hydroxylation sites is 1. The third kappa shape index (κ3) is 4.83. The largest absolute Gasteiger partial charge is 0.493 e. The first kappa shape index (κ1) is 21.4. The van der Waals surface area contributed by atoms with E-state index in [2.05, 4.69) is 0 Å². The Morgan fingerprint density at radius 2 is 1.79 bits per heavy atom. The summed E-state index contributed by atoms with van der Waals surface area (Å²) in [6.45, 7) is -0.438. The Labute approximate surface area is 171 Å². The molecule has 0 unspecified atom stereocenters. The minimum atomic E-state index is -3.13. The van der Waals surface area contributed by atoms with Gasteiger partial charge in [-0.15, -0.1) is 0 Å². The van der Waals surface area contributed by atoms with Gasteiger partial charge in [0.2, 0.25) is 0 Å². The fraction of sp³-hybridized carbons (Fsp3) is 0.600. The summed E-state index contributed by atoms with van der Waals surface area (Å²) in [5, 5.41) is 0. The second-order valence-electron chi connectivity index (χ2n) is 7.41. The van der Waals surface area contributed by atoms with Gasteiger partial charge in [-0.2, -0.15) is 0 Å². The Kier molecular flexibility index (Phi) is 6.66. The van der Waals surface area contributed by atoms with Crippen LogP contribution in [0.15, 0.2) is 18.2 Å². The molecule has 9 heteroatoms. The molecule has 2 fully saturated rings. The minimum absolute atomic E-state index is 0.00542. The van der Waals surface area contributed by atoms with Crippen molar-refractivity contribution in [1.29, 1.82) is 0 Å². The molecule has 0 aromatic heterocycles. The van der Waals surface area contributed by atoms with Crippen molar-refractivity contribution in [3.63, 3.8) is 0 Å². The average molecular weight is 426 g/mol. The summed E-state index contributed by atoms with van der Waals surface area (Å²) in [6, 6.07) is 4.48. The number of carbonyl (C=O) groups is 2. The number of sulfone groups is 1. The maximum atomic E-state index is 12.9. The van der Waals surface area contributed by atoms with Crippen LogP contribution in [0.5, 0.6) is 11.5 Å². The minimum Gasteiger partial charge on any atom is -0.493 e. The Morgan fingerprint density at radius 3 is 2.38 bits per heavy atom. The summed E-state index contributed by atoms with van der Waals surface area (Å²) >= 11 is 0. The second-order valence-corrected chi connectivity index (χ2v) is 9.64. The number of ether oxygens (including phenoxy) is 3. The summed E-state index contributed by atoms with van der Waals surface area (Å²) in [4.78, 5) is 27.1. The molecule has 1 aromatic rings. The molecule has 2 aliphatic rings. The smallest absolute Gasteiger partial charge is 0.342 e. The van der Waals surface area contributed by atoms with E-state index in [1.165, 1.54) is 20.3 Å². The molecule has 1 saturated heterocycles. The van der Waals surface area contributed by atoms with E-state index in [0.29, 0.717) is 12.2 Å². The lowest BCUT2D eigenvalue weighted by molar-refractivity contribution is -0.139. The number of hydrogen-bond donors (Lipinski definition) is 0. The molecule has 3 rings (SSSR count). The zero-order valence-corrected chi connectivity index (χ0v) is 17.6. The monoisotopic (exact) mass is 425 g/mol. The summed E-state index contributed by atoms with van der Waals surface area (Å²) in [6.07, 6.45) is 4.14. The molecular formula is C20H27NO7S. The van der Waals surface area contributed by atoms with Gasteiger partial charge in [-0.3, -0.25) is 4.79 Å². The number of hydrogen-bond acceptors (Lipinski definition) is 7. The highest BCUT2D eigenvalue weighted by Crippen LogP contribution is 2.32. The van der Waals surface area contributed by atoms with Gasteiger partial charge >= 0.3 is 5.97 Å². The number of carbonyl (C=O) groups excluding carboxylic acids is 2. The van der Waals surface area contributed by atoms with Gasteiger partial charge < -0.3 is 19.1 Å². The number of amides is 1. The first-order chi connectivity index (χ1) is 13.9. The first-order valence-corrected chi connectivity index (χ1v) is 11.6. The predicted molar refractivity (Wildman–Crippen MR) is 106 cm³/mol. The molecule has 1 amide bonds. The summed E-state index contributed by atoms with van der Waals surface area (Å²) in [5.41, 5.74) is 0.163.